The summed E-state index contributed by atoms with van der Waals surface area (Å²) in [6.07, 6.45) is 0. The summed E-state index contributed by atoms with van der Waals surface area (Å²) in [5.74, 6) is 1.37. The molecule has 1 N–H and O–H groups in total. The van der Waals surface area contributed by atoms with Crippen molar-refractivity contribution in [1.29, 1.82) is 0 Å². The maximum Gasteiger partial charge on any atom is 0.240 e. The van der Waals surface area contributed by atoms with Gasteiger partial charge < -0.3 is 9.47 Å². The first-order valence-corrected chi connectivity index (χ1v) is 9.15. The number of ether oxygens (including phenoxy) is 2. The molecule has 0 amide bonds. The first-order chi connectivity index (χ1) is 11.3. The van der Waals surface area contributed by atoms with E-state index in [0.717, 1.165) is 16.9 Å². The topological polar surface area (TPSA) is 64.6 Å². The van der Waals surface area contributed by atoms with Crippen LogP contribution in [0.2, 0.25) is 0 Å². The molecule has 6 heteroatoms. The van der Waals surface area contributed by atoms with E-state index in [4.69, 9.17) is 9.47 Å². The van der Waals surface area contributed by atoms with Crippen molar-refractivity contribution in [3.05, 3.63) is 53.1 Å². The molecular formula is C18H23NO4S. The monoisotopic (exact) mass is 349 g/mol. The molecule has 0 aliphatic rings. The molecule has 0 saturated heterocycles. The van der Waals surface area contributed by atoms with Gasteiger partial charge in [0, 0.05) is 6.54 Å². The Morgan fingerprint density at radius 1 is 0.958 bits per heavy atom. The van der Waals surface area contributed by atoms with E-state index in [-0.39, 0.29) is 18.0 Å². The number of benzene rings is 2. The summed E-state index contributed by atoms with van der Waals surface area (Å²) in [5.41, 5.74) is 2.86. The minimum atomic E-state index is -3.57. The van der Waals surface area contributed by atoms with Gasteiger partial charge in [0.2, 0.25) is 10.0 Å². The summed E-state index contributed by atoms with van der Waals surface area (Å²) in [7, 11) is -2.03. The molecular weight excluding hydrogens is 326 g/mol. The third-order valence-electron chi connectivity index (χ3n) is 3.53. The molecule has 0 saturated carbocycles. The quantitative estimate of drug-likeness (QED) is 0.781. The van der Waals surface area contributed by atoms with Crippen LogP contribution in [-0.4, -0.2) is 28.7 Å². The fourth-order valence-electron chi connectivity index (χ4n) is 2.49. The molecule has 0 radical (unpaired) electrons. The third kappa shape index (κ3) is 4.72. The van der Waals surface area contributed by atoms with Crippen molar-refractivity contribution in [2.45, 2.75) is 25.7 Å². The van der Waals surface area contributed by atoms with Gasteiger partial charge in [-0.3, -0.25) is 0 Å². The highest BCUT2D eigenvalue weighted by molar-refractivity contribution is 7.89. The summed E-state index contributed by atoms with van der Waals surface area (Å²) < 4.78 is 38.0. The normalized spacial score (nSPS) is 11.3. The lowest BCUT2D eigenvalue weighted by Crippen LogP contribution is -2.28. The molecule has 0 atom stereocenters. The van der Waals surface area contributed by atoms with Crippen LogP contribution in [0.5, 0.6) is 11.5 Å². The fraction of sp³-hybridized carbons (Fsp3) is 0.333. The van der Waals surface area contributed by atoms with Crippen molar-refractivity contribution in [1.82, 2.24) is 4.72 Å². The van der Waals surface area contributed by atoms with Crippen LogP contribution < -0.4 is 14.2 Å². The van der Waals surface area contributed by atoms with Gasteiger partial charge in [0.1, 0.15) is 18.1 Å². The molecule has 2 aromatic rings. The predicted molar refractivity (Wildman–Crippen MR) is 94.3 cm³/mol. The molecule has 0 bridgehead atoms. The van der Waals surface area contributed by atoms with E-state index >= 15 is 0 Å². The van der Waals surface area contributed by atoms with Crippen molar-refractivity contribution in [2.75, 3.05) is 20.3 Å². The third-order valence-corrected chi connectivity index (χ3v) is 5.15. The maximum atomic E-state index is 12.4. The molecule has 0 aliphatic heterocycles. The molecule has 2 aromatic carbocycles. The largest absolute Gasteiger partial charge is 0.497 e. The Labute approximate surface area is 143 Å². The van der Waals surface area contributed by atoms with Crippen molar-refractivity contribution >= 4 is 10.0 Å². The molecule has 130 valence electrons. The highest BCUT2D eigenvalue weighted by Gasteiger charge is 2.16. The Bertz CT molecular complexity index is 796. The van der Waals surface area contributed by atoms with Gasteiger partial charge in [0.05, 0.1) is 12.0 Å². The molecule has 24 heavy (non-hydrogen) atoms. The number of hydrogen-bond donors (Lipinski definition) is 1. The summed E-state index contributed by atoms with van der Waals surface area (Å²) in [6, 6.07) is 10.8. The van der Waals surface area contributed by atoms with Gasteiger partial charge in [0.15, 0.2) is 0 Å². The Kier molecular flexibility index (Phi) is 5.85. The van der Waals surface area contributed by atoms with Crippen LogP contribution in [0.25, 0.3) is 0 Å². The fourth-order valence-corrected chi connectivity index (χ4v) is 3.73. The predicted octanol–water partition coefficient (Wildman–Crippen LogP) is 2.98. The highest BCUT2D eigenvalue weighted by Crippen LogP contribution is 2.21. The van der Waals surface area contributed by atoms with Crippen LogP contribution in [0.1, 0.15) is 16.7 Å². The van der Waals surface area contributed by atoms with Gasteiger partial charge in [-0.15, -0.1) is 0 Å². The van der Waals surface area contributed by atoms with Crippen LogP contribution in [0.3, 0.4) is 0 Å². The Hall–Kier alpha value is -2.05. The molecule has 2 rings (SSSR count). The van der Waals surface area contributed by atoms with Crippen LogP contribution >= 0.6 is 0 Å². The zero-order chi connectivity index (χ0) is 17.7. The smallest absolute Gasteiger partial charge is 0.240 e. The lowest BCUT2D eigenvalue weighted by Gasteiger charge is -2.12. The average molecular weight is 349 g/mol. The molecule has 0 unspecified atom stereocenters. The second-order valence-corrected chi connectivity index (χ2v) is 7.44. The molecule has 0 heterocycles. The van der Waals surface area contributed by atoms with Gasteiger partial charge in [-0.2, -0.15) is 0 Å². The van der Waals surface area contributed by atoms with Gasteiger partial charge in [0.25, 0.3) is 0 Å². The zero-order valence-electron chi connectivity index (χ0n) is 14.4. The number of aryl methyl sites for hydroxylation is 3. The summed E-state index contributed by atoms with van der Waals surface area (Å²) in [5, 5.41) is 0. The average Bonchev–Trinajstić information content (AvgIpc) is 2.50. The zero-order valence-corrected chi connectivity index (χ0v) is 15.2. The maximum absolute atomic E-state index is 12.4. The second kappa shape index (κ2) is 7.68. The van der Waals surface area contributed by atoms with Crippen molar-refractivity contribution in [3.8, 4) is 11.5 Å². The second-order valence-electron chi connectivity index (χ2n) is 5.70. The summed E-state index contributed by atoms with van der Waals surface area (Å²) >= 11 is 0. The minimum absolute atomic E-state index is 0.195. The Morgan fingerprint density at radius 3 is 2.21 bits per heavy atom. The lowest BCUT2D eigenvalue weighted by atomic mass is 10.1. The summed E-state index contributed by atoms with van der Waals surface area (Å²) in [6.45, 7) is 6.19. The van der Waals surface area contributed by atoms with Crippen LogP contribution in [-0.2, 0) is 10.0 Å². The molecule has 0 aliphatic carbocycles. The van der Waals surface area contributed by atoms with E-state index in [2.05, 4.69) is 10.8 Å². The van der Waals surface area contributed by atoms with Crippen LogP contribution in [0, 0.1) is 20.8 Å². The SMILES string of the molecule is COc1ccc(S(=O)(=O)NCCOc2cc(C)cc(C)c2)c(C)c1. The van der Waals surface area contributed by atoms with E-state index in [1.165, 1.54) is 0 Å². The first kappa shape index (κ1) is 18.3. The highest BCUT2D eigenvalue weighted by atomic mass is 32.2. The van der Waals surface area contributed by atoms with Crippen LogP contribution in [0.15, 0.2) is 41.3 Å². The summed E-state index contributed by atoms with van der Waals surface area (Å²) in [4.78, 5) is 0.245. The van der Waals surface area contributed by atoms with Crippen molar-refractivity contribution in [2.24, 2.45) is 0 Å². The number of sulfonamides is 1. The minimum Gasteiger partial charge on any atom is -0.497 e. The van der Waals surface area contributed by atoms with Gasteiger partial charge in [-0.1, -0.05) is 6.07 Å². The first-order valence-electron chi connectivity index (χ1n) is 7.67. The van der Waals surface area contributed by atoms with Crippen molar-refractivity contribution in [3.63, 3.8) is 0 Å². The van der Waals surface area contributed by atoms with Gasteiger partial charge in [-0.25, -0.2) is 13.1 Å². The van der Waals surface area contributed by atoms with Gasteiger partial charge in [-0.05, 0) is 67.8 Å². The number of rotatable bonds is 7. The standard InChI is InChI=1S/C18H23NO4S/c1-13-9-14(2)11-17(10-13)23-8-7-19-24(20,21)18-6-5-16(22-4)12-15(18)3/h5-6,9-12,19H,7-8H2,1-4H3. The number of methoxy groups -OCH3 is 1. The number of hydrogen-bond acceptors (Lipinski definition) is 4. The molecule has 0 aromatic heterocycles. The molecule has 0 fully saturated rings. The van der Waals surface area contributed by atoms with E-state index in [9.17, 15) is 8.42 Å². The van der Waals surface area contributed by atoms with E-state index in [1.54, 1.807) is 32.2 Å². The van der Waals surface area contributed by atoms with Gasteiger partial charge >= 0.3 is 0 Å². The van der Waals surface area contributed by atoms with E-state index < -0.39 is 10.0 Å². The molecule has 0 spiro atoms. The van der Waals surface area contributed by atoms with Crippen LogP contribution in [0.4, 0.5) is 0 Å². The lowest BCUT2D eigenvalue weighted by molar-refractivity contribution is 0.322. The van der Waals surface area contributed by atoms with E-state index in [0.29, 0.717) is 11.3 Å². The number of nitrogens with one attached hydrogen (secondary N) is 1. The Balaban J connectivity index is 1.95. The van der Waals surface area contributed by atoms with Crippen molar-refractivity contribution < 1.29 is 17.9 Å². The van der Waals surface area contributed by atoms with E-state index in [1.807, 2.05) is 26.0 Å². The molecule has 5 nitrogen and oxygen atoms in total. The Morgan fingerprint density at radius 2 is 1.62 bits per heavy atom.